The van der Waals surface area contributed by atoms with Gasteiger partial charge in [0.2, 0.25) is 0 Å². The Morgan fingerprint density at radius 3 is 2.00 bits per heavy atom. The standard InChI is InChI=1S/C5H12O2S/c1-4(6-3)7-5(2)8/h4-5,8H,1-3H3. The zero-order chi connectivity index (χ0) is 6.57. The van der Waals surface area contributed by atoms with Crippen molar-refractivity contribution in [3.8, 4) is 0 Å². The normalized spacial score (nSPS) is 18.0. The molecule has 2 atom stereocenters. The minimum atomic E-state index is -0.150. The van der Waals surface area contributed by atoms with Gasteiger partial charge in [0.1, 0.15) is 5.44 Å². The summed E-state index contributed by atoms with van der Waals surface area (Å²) in [6.07, 6.45) is -0.150. The van der Waals surface area contributed by atoms with Crippen LogP contribution in [0.5, 0.6) is 0 Å². The van der Waals surface area contributed by atoms with Gasteiger partial charge in [0.15, 0.2) is 6.29 Å². The minimum Gasteiger partial charge on any atom is -0.356 e. The monoisotopic (exact) mass is 136 g/mol. The summed E-state index contributed by atoms with van der Waals surface area (Å²) in [5.41, 5.74) is -0.0510. The van der Waals surface area contributed by atoms with E-state index in [9.17, 15) is 0 Å². The molecule has 2 nitrogen and oxygen atoms in total. The molecule has 8 heavy (non-hydrogen) atoms. The lowest BCUT2D eigenvalue weighted by Gasteiger charge is -2.12. The summed E-state index contributed by atoms with van der Waals surface area (Å²) < 4.78 is 9.83. The predicted octanol–water partition coefficient (Wildman–Crippen LogP) is 1.27. The summed E-state index contributed by atoms with van der Waals surface area (Å²) in [6, 6.07) is 0. The smallest absolute Gasteiger partial charge is 0.155 e. The molecule has 3 heteroatoms. The van der Waals surface area contributed by atoms with Crippen molar-refractivity contribution in [2.75, 3.05) is 7.11 Å². The second-order valence-electron chi connectivity index (χ2n) is 1.54. The van der Waals surface area contributed by atoms with Gasteiger partial charge in [-0.3, -0.25) is 0 Å². The average molecular weight is 136 g/mol. The first-order valence-electron chi connectivity index (χ1n) is 2.53. The third-order valence-electron chi connectivity index (χ3n) is 0.721. The lowest BCUT2D eigenvalue weighted by Crippen LogP contribution is -2.13. The molecular formula is C5H12O2S. The van der Waals surface area contributed by atoms with E-state index in [1.165, 1.54) is 0 Å². The largest absolute Gasteiger partial charge is 0.356 e. The summed E-state index contributed by atoms with van der Waals surface area (Å²) >= 11 is 3.99. The van der Waals surface area contributed by atoms with Gasteiger partial charge >= 0.3 is 0 Å². The Balaban J connectivity index is 3.10. The molecule has 0 fully saturated rings. The van der Waals surface area contributed by atoms with Gasteiger partial charge < -0.3 is 9.47 Å². The molecular weight excluding hydrogens is 124 g/mol. The van der Waals surface area contributed by atoms with Crippen molar-refractivity contribution in [3.63, 3.8) is 0 Å². The van der Waals surface area contributed by atoms with Crippen LogP contribution in [0.2, 0.25) is 0 Å². The van der Waals surface area contributed by atoms with Gasteiger partial charge in [0.25, 0.3) is 0 Å². The first kappa shape index (κ1) is 8.27. The van der Waals surface area contributed by atoms with E-state index < -0.39 is 0 Å². The Kier molecular flexibility index (Phi) is 4.32. The number of methoxy groups -OCH3 is 1. The number of hydrogen-bond donors (Lipinski definition) is 1. The van der Waals surface area contributed by atoms with Crippen molar-refractivity contribution < 1.29 is 9.47 Å². The van der Waals surface area contributed by atoms with Crippen LogP contribution in [-0.4, -0.2) is 18.8 Å². The van der Waals surface area contributed by atoms with Gasteiger partial charge in [-0.25, -0.2) is 0 Å². The van der Waals surface area contributed by atoms with E-state index in [2.05, 4.69) is 12.6 Å². The van der Waals surface area contributed by atoms with Crippen molar-refractivity contribution in [2.24, 2.45) is 0 Å². The van der Waals surface area contributed by atoms with Crippen LogP contribution < -0.4 is 0 Å². The van der Waals surface area contributed by atoms with E-state index in [-0.39, 0.29) is 11.7 Å². The second-order valence-corrected chi connectivity index (χ2v) is 2.27. The molecule has 0 aliphatic heterocycles. The van der Waals surface area contributed by atoms with Gasteiger partial charge in [0.05, 0.1) is 0 Å². The molecule has 50 valence electrons. The predicted molar refractivity (Wildman–Crippen MR) is 36.0 cm³/mol. The highest BCUT2D eigenvalue weighted by Crippen LogP contribution is 2.00. The third kappa shape index (κ3) is 4.43. The molecule has 0 radical (unpaired) electrons. The Bertz CT molecular complexity index is 56.4. The molecule has 0 bridgehead atoms. The Morgan fingerprint density at radius 1 is 1.38 bits per heavy atom. The minimum absolute atomic E-state index is 0.0510. The topological polar surface area (TPSA) is 18.5 Å². The molecule has 0 saturated heterocycles. The fourth-order valence-corrected chi connectivity index (χ4v) is 0.504. The first-order chi connectivity index (χ1) is 3.66. The highest BCUT2D eigenvalue weighted by molar-refractivity contribution is 7.80. The molecule has 0 rings (SSSR count). The van der Waals surface area contributed by atoms with E-state index >= 15 is 0 Å². The molecule has 0 N–H and O–H groups in total. The highest BCUT2D eigenvalue weighted by atomic mass is 32.1. The van der Waals surface area contributed by atoms with Crippen LogP contribution in [-0.2, 0) is 9.47 Å². The van der Waals surface area contributed by atoms with Crippen molar-refractivity contribution >= 4 is 12.6 Å². The average Bonchev–Trinajstić information content (AvgIpc) is 1.65. The van der Waals surface area contributed by atoms with Crippen LogP contribution in [0.1, 0.15) is 13.8 Å². The molecule has 0 saturated carbocycles. The molecule has 0 heterocycles. The first-order valence-corrected chi connectivity index (χ1v) is 3.04. The van der Waals surface area contributed by atoms with E-state index in [0.29, 0.717) is 0 Å². The van der Waals surface area contributed by atoms with Crippen LogP contribution in [0, 0.1) is 0 Å². The lowest BCUT2D eigenvalue weighted by molar-refractivity contribution is -0.115. The maximum absolute atomic E-state index is 5.04. The van der Waals surface area contributed by atoms with E-state index in [4.69, 9.17) is 9.47 Å². The molecule has 0 aliphatic carbocycles. The van der Waals surface area contributed by atoms with Gasteiger partial charge in [-0.05, 0) is 13.8 Å². The maximum atomic E-state index is 5.04. The Hall–Kier alpha value is 0.270. The van der Waals surface area contributed by atoms with Crippen molar-refractivity contribution in [1.29, 1.82) is 0 Å². The van der Waals surface area contributed by atoms with Crippen LogP contribution in [0.3, 0.4) is 0 Å². The fraction of sp³-hybridized carbons (Fsp3) is 1.00. The van der Waals surface area contributed by atoms with E-state index in [1.54, 1.807) is 7.11 Å². The number of ether oxygens (including phenoxy) is 2. The van der Waals surface area contributed by atoms with Crippen LogP contribution in [0.4, 0.5) is 0 Å². The molecule has 2 unspecified atom stereocenters. The summed E-state index contributed by atoms with van der Waals surface area (Å²) in [5, 5.41) is 0. The molecule has 0 aromatic heterocycles. The molecule has 0 aliphatic rings. The number of hydrogen-bond acceptors (Lipinski definition) is 3. The zero-order valence-corrected chi connectivity index (χ0v) is 6.31. The molecule has 0 spiro atoms. The highest BCUT2D eigenvalue weighted by Gasteiger charge is 2.00. The van der Waals surface area contributed by atoms with Gasteiger partial charge in [0, 0.05) is 7.11 Å². The SMILES string of the molecule is COC(C)OC(C)S. The fourth-order valence-electron chi connectivity index (χ4n) is 0.333. The van der Waals surface area contributed by atoms with Gasteiger partial charge in [-0.15, -0.1) is 12.6 Å². The number of rotatable bonds is 3. The maximum Gasteiger partial charge on any atom is 0.155 e. The molecule has 0 aromatic carbocycles. The van der Waals surface area contributed by atoms with Crippen molar-refractivity contribution in [1.82, 2.24) is 0 Å². The summed E-state index contributed by atoms with van der Waals surface area (Å²) in [7, 11) is 1.60. The lowest BCUT2D eigenvalue weighted by atomic mass is 10.7. The van der Waals surface area contributed by atoms with E-state index in [1.807, 2.05) is 13.8 Å². The molecule has 0 aromatic rings. The van der Waals surface area contributed by atoms with Crippen molar-refractivity contribution in [2.45, 2.75) is 25.6 Å². The van der Waals surface area contributed by atoms with Crippen LogP contribution in [0.25, 0.3) is 0 Å². The van der Waals surface area contributed by atoms with E-state index in [0.717, 1.165) is 0 Å². The Morgan fingerprint density at radius 2 is 1.88 bits per heavy atom. The van der Waals surface area contributed by atoms with Crippen LogP contribution >= 0.6 is 12.6 Å². The quantitative estimate of drug-likeness (QED) is 0.465. The number of thiol groups is 1. The van der Waals surface area contributed by atoms with Gasteiger partial charge in [-0.2, -0.15) is 0 Å². The van der Waals surface area contributed by atoms with Crippen LogP contribution in [0.15, 0.2) is 0 Å². The Labute approximate surface area is 55.6 Å². The second kappa shape index (κ2) is 4.18. The summed E-state index contributed by atoms with van der Waals surface area (Å²) in [4.78, 5) is 0. The zero-order valence-electron chi connectivity index (χ0n) is 5.42. The van der Waals surface area contributed by atoms with Gasteiger partial charge in [-0.1, -0.05) is 0 Å². The summed E-state index contributed by atoms with van der Waals surface area (Å²) in [5.74, 6) is 0. The van der Waals surface area contributed by atoms with Crippen molar-refractivity contribution in [3.05, 3.63) is 0 Å². The third-order valence-corrected chi connectivity index (χ3v) is 0.842. The summed E-state index contributed by atoms with van der Waals surface area (Å²) in [6.45, 7) is 3.67. The molecule has 0 amide bonds.